The van der Waals surface area contributed by atoms with Crippen molar-refractivity contribution in [2.24, 2.45) is 0 Å². The molecule has 12 rings (SSSR count). The van der Waals surface area contributed by atoms with Gasteiger partial charge in [-0.2, -0.15) is 0 Å². The average molecular weight is 777 g/mol. The van der Waals surface area contributed by atoms with Crippen LogP contribution in [0.4, 0.5) is 0 Å². The molecule has 12 aromatic rings. The lowest BCUT2D eigenvalue weighted by molar-refractivity contribution is 0.669. The van der Waals surface area contributed by atoms with E-state index >= 15 is 0 Å². The largest absolute Gasteiger partial charge is 0.456 e. The molecule has 284 valence electrons. The second kappa shape index (κ2) is 14.3. The Balaban J connectivity index is 0.846. The molecule has 0 amide bonds. The van der Waals surface area contributed by atoms with Gasteiger partial charge in [0.15, 0.2) is 5.82 Å². The molecule has 61 heavy (non-hydrogen) atoms. The maximum atomic E-state index is 6.25. The van der Waals surface area contributed by atoms with E-state index in [4.69, 9.17) is 14.4 Å². The van der Waals surface area contributed by atoms with Crippen LogP contribution in [0.2, 0.25) is 0 Å². The molecule has 0 bridgehead atoms. The lowest BCUT2D eigenvalue weighted by Gasteiger charge is -2.14. The summed E-state index contributed by atoms with van der Waals surface area (Å²) < 4.78 is 6.25. The van der Waals surface area contributed by atoms with Crippen molar-refractivity contribution in [1.29, 1.82) is 0 Å². The number of benzene rings is 10. The maximum Gasteiger partial charge on any atom is 0.160 e. The van der Waals surface area contributed by atoms with Crippen molar-refractivity contribution >= 4 is 54.3 Å². The Kier molecular flexibility index (Phi) is 8.17. The Labute approximate surface area is 352 Å². The number of furan rings is 1. The van der Waals surface area contributed by atoms with E-state index in [9.17, 15) is 0 Å². The van der Waals surface area contributed by atoms with Gasteiger partial charge in [0.2, 0.25) is 0 Å². The lowest BCUT2D eigenvalue weighted by atomic mass is 9.89. The number of hydrogen-bond donors (Lipinski definition) is 0. The van der Waals surface area contributed by atoms with Gasteiger partial charge in [-0.3, -0.25) is 0 Å². The summed E-state index contributed by atoms with van der Waals surface area (Å²) in [4.78, 5) is 10.1. The number of hydrogen-bond acceptors (Lipinski definition) is 3. The van der Waals surface area contributed by atoms with Crippen molar-refractivity contribution in [3.05, 3.63) is 218 Å². The van der Waals surface area contributed by atoms with E-state index in [-0.39, 0.29) is 0 Å². The molecule has 10 aromatic carbocycles. The third-order valence-electron chi connectivity index (χ3n) is 12.1. The molecule has 2 heterocycles. The molecule has 0 aliphatic heterocycles. The van der Waals surface area contributed by atoms with Crippen LogP contribution < -0.4 is 0 Å². The zero-order chi connectivity index (χ0) is 40.3. The molecular formula is C58H36N2O. The van der Waals surface area contributed by atoms with Crippen molar-refractivity contribution in [3.63, 3.8) is 0 Å². The first kappa shape index (κ1) is 34.9. The molecule has 0 unspecified atom stereocenters. The Morgan fingerprint density at radius 3 is 1.48 bits per heavy atom. The molecule has 0 N–H and O–H groups in total. The summed E-state index contributed by atoms with van der Waals surface area (Å²) in [6.45, 7) is 0. The molecule has 2 aromatic heterocycles. The number of aromatic nitrogens is 2. The van der Waals surface area contributed by atoms with Crippen LogP contribution in [0.25, 0.3) is 122 Å². The predicted octanol–water partition coefficient (Wildman–Crippen LogP) is 15.8. The number of nitrogens with zero attached hydrogens (tertiary/aromatic N) is 2. The van der Waals surface area contributed by atoms with Crippen LogP contribution in [0.5, 0.6) is 0 Å². The van der Waals surface area contributed by atoms with Gasteiger partial charge in [-0.1, -0.05) is 188 Å². The minimum absolute atomic E-state index is 0.685. The molecule has 0 spiro atoms. The summed E-state index contributed by atoms with van der Waals surface area (Å²) in [7, 11) is 0. The first-order chi connectivity index (χ1) is 30.2. The van der Waals surface area contributed by atoms with Crippen LogP contribution in [0.15, 0.2) is 223 Å². The van der Waals surface area contributed by atoms with Gasteiger partial charge < -0.3 is 4.42 Å². The Morgan fingerprint density at radius 2 is 0.770 bits per heavy atom. The first-order valence-corrected chi connectivity index (χ1v) is 20.7. The second-order valence-electron chi connectivity index (χ2n) is 15.7. The minimum atomic E-state index is 0.685. The van der Waals surface area contributed by atoms with Gasteiger partial charge in [-0.15, -0.1) is 0 Å². The van der Waals surface area contributed by atoms with Crippen molar-refractivity contribution < 1.29 is 4.42 Å². The van der Waals surface area contributed by atoms with Crippen molar-refractivity contribution in [2.75, 3.05) is 0 Å². The third kappa shape index (κ3) is 6.14. The number of rotatable bonds is 6. The topological polar surface area (TPSA) is 38.9 Å². The molecule has 0 saturated carbocycles. The molecule has 0 radical (unpaired) electrons. The van der Waals surface area contributed by atoms with Crippen LogP contribution in [-0.2, 0) is 0 Å². The number of para-hydroxylation sites is 1. The summed E-state index contributed by atoms with van der Waals surface area (Å²) in [5.41, 5.74) is 13.6. The molecule has 0 saturated heterocycles. The zero-order valence-electron chi connectivity index (χ0n) is 33.1. The highest BCUT2D eigenvalue weighted by Gasteiger charge is 2.15. The van der Waals surface area contributed by atoms with E-state index in [1.54, 1.807) is 0 Å². The number of fused-ring (bicyclic) bond motifs is 7. The Hall–Kier alpha value is -8.14. The monoisotopic (exact) mass is 776 g/mol. The average Bonchev–Trinajstić information content (AvgIpc) is 3.72. The van der Waals surface area contributed by atoms with Gasteiger partial charge in [0.05, 0.1) is 11.4 Å². The molecule has 0 aliphatic rings. The van der Waals surface area contributed by atoms with Gasteiger partial charge in [-0.25, -0.2) is 9.97 Å². The van der Waals surface area contributed by atoms with Gasteiger partial charge in [-0.05, 0) is 96.0 Å². The summed E-state index contributed by atoms with van der Waals surface area (Å²) >= 11 is 0. The normalized spacial score (nSPS) is 11.6. The molecule has 0 aliphatic carbocycles. The molecule has 3 nitrogen and oxygen atoms in total. The van der Waals surface area contributed by atoms with Crippen molar-refractivity contribution in [1.82, 2.24) is 9.97 Å². The highest BCUT2D eigenvalue weighted by molar-refractivity contribution is 6.20. The van der Waals surface area contributed by atoms with Crippen LogP contribution in [-0.4, -0.2) is 9.97 Å². The molecule has 3 heteroatoms. The fourth-order valence-corrected chi connectivity index (χ4v) is 8.99. The van der Waals surface area contributed by atoms with E-state index in [0.717, 1.165) is 61.1 Å². The summed E-state index contributed by atoms with van der Waals surface area (Å²) in [5, 5.41) is 9.84. The van der Waals surface area contributed by atoms with E-state index in [0.29, 0.717) is 5.82 Å². The fourth-order valence-electron chi connectivity index (χ4n) is 8.99. The van der Waals surface area contributed by atoms with Crippen LogP contribution in [0.3, 0.4) is 0 Å². The maximum absolute atomic E-state index is 6.25. The lowest BCUT2D eigenvalue weighted by Crippen LogP contribution is -1.96. The summed E-state index contributed by atoms with van der Waals surface area (Å²) in [5.74, 6) is 0.685. The zero-order valence-corrected chi connectivity index (χ0v) is 33.1. The van der Waals surface area contributed by atoms with E-state index in [1.165, 1.54) is 54.6 Å². The van der Waals surface area contributed by atoms with E-state index in [1.807, 2.05) is 36.4 Å². The Morgan fingerprint density at radius 1 is 0.262 bits per heavy atom. The smallest absolute Gasteiger partial charge is 0.160 e. The predicted molar refractivity (Wildman–Crippen MR) is 254 cm³/mol. The van der Waals surface area contributed by atoms with Gasteiger partial charge in [0, 0.05) is 27.5 Å². The van der Waals surface area contributed by atoms with Gasteiger partial charge in [0.1, 0.15) is 11.2 Å². The second-order valence-corrected chi connectivity index (χ2v) is 15.7. The summed E-state index contributed by atoms with van der Waals surface area (Å²) in [6.07, 6.45) is 0. The van der Waals surface area contributed by atoms with Crippen LogP contribution in [0.1, 0.15) is 0 Å². The van der Waals surface area contributed by atoms with Gasteiger partial charge >= 0.3 is 0 Å². The molecule has 0 fully saturated rings. The standard InChI is InChI=1S/C58H36N2O/c1-2-11-44(12-3-1)58-59-53(36-54(60-58)46-31-32-50-49-16-8-9-17-55(49)61-56(50)35-46)42-26-22-39(23-27-42)37-18-20-38(21-19-37)40-24-28-43(29-25-40)57-48-15-7-5-13-45(48)34-52-47-14-6-4-10-41(47)30-33-51(52)57/h1-36H. The van der Waals surface area contributed by atoms with Crippen LogP contribution in [0, 0.1) is 0 Å². The van der Waals surface area contributed by atoms with Gasteiger partial charge in [0.25, 0.3) is 0 Å². The van der Waals surface area contributed by atoms with Crippen molar-refractivity contribution in [2.45, 2.75) is 0 Å². The highest BCUT2D eigenvalue weighted by atomic mass is 16.3. The quantitative estimate of drug-likeness (QED) is 0.125. The van der Waals surface area contributed by atoms with E-state index in [2.05, 4.69) is 182 Å². The van der Waals surface area contributed by atoms with Crippen LogP contribution >= 0.6 is 0 Å². The highest BCUT2D eigenvalue weighted by Crippen LogP contribution is 2.40. The SMILES string of the molecule is c1ccc(-c2nc(-c3ccc(-c4ccc(-c5ccc(-c6c7ccccc7cc7c6ccc6ccccc67)cc5)cc4)cc3)cc(-c3ccc4c(c3)oc3ccccc34)n2)cc1. The minimum Gasteiger partial charge on any atom is -0.456 e. The fraction of sp³-hybridized carbons (Fsp3) is 0. The summed E-state index contributed by atoms with van der Waals surface area (Å²) in [6, 6.07) is 77.7. The van der Waals surface area contributed by atoms with E-state index < -0.39 is 0 Å². The Bertz CT molecular complexity index is 3610. The molecule has 0 atom stereocenters. The van der Waals surface area contributed by atoms with Crippen molar-refractivity contribution in [3.8, 4) is 67.3 Å². The molecular weight excluding hydrogens is 741 g/mol. The third-order valence-corrected chi connectivity index (χ3v) is 12.1. The first-order valence-electron chi connectivity index (χ1n) is 20.7.